The minimum atomic E-state index is -4.53. The highest BCUT2D eigenvalue weighted by atomic mass is 19.4. The Hall–Kier alpha value is -2.63. The van der Waals surface area contributed by atoms with Crippen molar-refractivity contribution in [3.63, 3.8) is 0 Å². The molecule has 1 atom stereocenters. The monoisotopic (exact) mass is 453 g/mol. The van der Waals surface area contributed by atoms with Crippen LogP contribution in [-0.4, -0.2) is 47.4 Å². The van der Waals surface area contributed by atoms with Gasteiger partial charge < -0.3 is 4.74 Å². The molecular formula is C19H18F7N3O2. The van der Waals surface area contributed by atoms with Crippen molar-refractivity contribution in [2.75, 3.05) is 18.1 Å². The molecule has 5 nitrogen and oxygen atoms in total. The predicted molar refractivity (Wildman–Crippen MR) is 95.4 cm³/mol. The summed E-state index contributed by atoms with van der Waals surface area (Å²) in [5.41, 5.74) is 0.662. The van der Waals surface area contributed by atoms with Gasteiger partial charge in [-0.05, 0) is 31.0 Å². The molecule has 0 unspecified atom stereocenters. The van der Waals surface area contributed by atoms with Gasteiger partial charge in [0.2, 0.25) is 0 Å². The maximum atomic E-state index is 13.3. The first-order valence-corrected chi connectivity index (χ1v) is 9.17. The lowest BCUT2D eigenvalue weighted by Gasteiger charge is -2.33. The van der Waals surface area contributed by atoms with Crippen molar-refractivity contribution >= 4 is 11.7 Å². The number of hydrogen-bond donors (Lipinski definition) is 0. The minimum Gasteiger partial charge on any atom is -0.370 e. The zero-order chi connectivity index (χ0) is 23.0. The summed E-state index contributed by atoms with van der Waals surface area (Å²) in [6.07, 6.45) is -8.78. The number of hydrogen-bond acceptors (Lipinski definition) is 3. The van der Waals surface area contributed by atoms with Gasteiger partial charge in [0.1, 0.15) is 12.4 Å². The third-order valence-electron chi connectivity index (χ3n) is 4.72. The second-order valence-electron chi connectivity index (χ2n) is 7.15. The molecule has 0 N–H and O–H groups in total. The molecule has 31 heavy (non-hydrogen) atoms. The van der Waals surface area contributed by atoms with E-state index in [-0.39, 0.29) is 29.9 Å². The fraction of sp³-hybridized carbons (Fsp3) is 0.474. The van der Waals surface area contributed by atoms with Crippen LogP contribution in [0.5, 0.6) is 0 Å². The third kappa shape index (κ3) is 5.00. The van der Waals surface area contributed by atoms with E-state index < -0.39 is 43.7 Å². The van der Waals surface area contributed by atoms with Crippen molar-refractivity contribution in [2.45, 2.75) is 44.5 Å². The quantitative estimate of drug-likeness (QED) is 0.593. The Kier molecular flexibility index (Phi) is 6.30. The molecule has 0 radical (unpaired) electrons. The Morgan fingerprint density at radius 1 is 1.23 bits per heavy atom. The molecule has 1 aromatic heterocycles. The molecular weight excluding hydrogens is 435 g/mol. The van der Waals surface area contributed by atoms with Crippen molar-refractivity contribution < 1.29 is 40.3 Å². The summed E-state index contributed by atoms with van der Waals surface area (Å²) in [4.78, 5) is 14.1. The van der Waals surface area contributed by atoms with E-state index in [9.17, 15) is 35.5 Å². The maximum absolute atomic E-state index is 13.3. The van der Waals surface area contributed by atoms with Gasteiger partial charge in [-0.2, -0.15) is 27.1 Å². The molecule has 12 heteroatoms. The summed E-state index contributed by atoms with van der Waals surface area (Å²) in [6.45, 7) is -0.632. The van der Waals surface area contributed by atoms with Gasteiger partial charge in [0.25, 0.3) is 5.91 Å². The van der Waals surface area contributed by atoms with E-state index in [0.29, 0.717) is 5.69 Å². The molecule has 0 saturated heterocycles. The van der Waals surface area contributed by atoms with E-state index in [4.69, 9.17) is 0 Å². The van der Waals surface area contributed by atoms with Gasteiger partial charge in [0.05, 0.1) is 12.3 Å². The molecule has 2 aromatic rings. The van der Waals surface area contributed by atoms with Crippen LogP contribution in [-0.2, 0) is 11.3 Å². The highest BCUT2D eigenvalue weighted by Crippen LogP contribution is 2.39. The van der Waals surface area contributed by atoms with E-state index in [0.717, 1.165) is 9.58 Å². The Morgan fingerprint density at radius 3 is 2.58 bits per heavy atom. The molecule has 1 aliphatic heterocycles. The summed E-state index contributed by atoms with van der Waals surface area (Å²) in [5, 5.41) is 3.87. The maximum Gasteiger partial charge on any atom is 0.410 e. The van der Waals surface area contributed by atoms with Gasteiger partial charge in [0.15, 0.2) is 6.04 Å². The predicted octanol–water partition coefficient (Wildman–Crippen LogP) is 4.76. The van der Waals surface area contributed by atoms with E-state index in [2.05, 4.69) is 9.84 Å². The first kappa shape index (κ1) is 23.0. The highest BCUT2D eigenvalue weighted by molar-refractivity contribution is 6.06. The first-order valence-electron chi connectivity index (χ1n) is 9.17. The highest BCUT2D eigenvalue weighted by Gasteiger charge is 2.46. The van der Waals surface area contributed by atoms with Gasteiger partial charge in [-0.15, -0.1) is 0 Å². The zero-order valence-electron chi connectivity index (χ0n) is 16.2. The van der Waals surface area contributed by atoms with Crippen molar-refractivity contribution in [2.24, 2.45) is 0 Å². The van der Waals surface area contributed by atoms with E-state index in [1.165, 1.54) is 37.3 Å². The average Bonchev–Trinajstić information content (AvgIpc) is 3.06. The number of aromatic nitrogens is 2. The van der Waals surface area contributed by atoms with Gasteiger partial charge in [-0.1, -0.05) is 12.1 Å². The number of anilines is 1. The SMILES string of the molecule is Cc1cc2n(n1)[C@@H](C(F)(F)F)CCN2C(=O)c1cccc(COCC(F)(F)C(F)F)c1. The van der Waals surface area contributed by atoms with E-state index >= 15 is 0 Å². The van der Waals surface area contributed by atoms with Crippen molar-refractivity contribution in [3.05, 3.63) is 47.2 Å². The van der Waals surface area contributed by atoms with Gasteiger partial charge in [0, 0.05) is 18.2 Å². The number of fused-ring (bicyclic) bond motifs is 1. The molecule has 170 valence electrons. The summed E-state index contributed by atoms with van der Waals surface area (Å²) in [5.74, 6) is -4.91. The van der Waals surface area contributed by atoms with Crippen molar-refractivity contribution in [1.29, 1.82) is 0 Å². The standard InChI is InChI=1S/C19H18F7N3O2/c1-11-7-15-28(6-5-14(19(24,25)26)29(15)27-11)16(30)13-4-2-3-12(8-13)9-31-10-18(22,23)17(20)21/h2-4,7-8,14,17H,5-6,9-10H2,1H3/t14-/m1/s1. The minimum absolute atomic E-state index is 0.00527. The van der Waals surface area contributed by atoms with Crippen LogP contribution in [0.4, 0.5) is 36.6 Å². The summed E-state index contributed by atoms with van der Waals surface area (Å²) in [6, 6.07) is 5.12. The summed E-state index contributed by atoms with van der Waals surface area (Å²) < 4.78 is 95.6. The van der Waals surface area contributed by atoms with Gasteiger partial charge >= 0.3 is 18.5 Å². The lowest BCUT2D eigenvalue weighted by molar-refractivity contribution is -0.172. The van der Waals surface area contributed by atoms with Crippen LogP contribution < -0.4 is 4.90 Å². The Morgan fingerprint density at radius 2 is 1.94 bits per heavy atom. The molecule has 3 rings (SSSR count). The second kappa shape index (κ2) is 8.48. The Bertz CT molecular complexity index is 943. The molecule has 1 amide bonds. The number of amides is 1. The number of ether oxygens (including phenoxy) is 1. The second-order valence-corrected chi connectivity index (χ2v) is 7.15. The van der Waals surface area contributed by atoms with Crippen LogP contribution in [0.1, 0.15) is 34.1 Å². The average molecular weight is 453 g/mol. The van der Waals surface area contributed by atoms with Crippen LogP contribution in [0.25, 0.3) is 0 Å². The summed E-state index contributed by atoms with van der Waals surface area (Å²) in [7, 11) is 0. The number of carbonyl (C=O) groups excluding carboxylic acids is 1. The number of alkyl halides is 7. The molecule has 0 fully saturated rings. The van der Waals surface area contributed by atoms with Crippen molar-refractivity contribution in [1.82, 2.24) is 9.78 Å². The van der Waals surface area contributed by atoms with Crippen LogP contribution in [0.15, 0.2) is 30.3 Å². The van der Waals surface area contributed by atoms with Gasteiger partial charge in [-0.3, -0.25) is 9.69 Å². The summed E-state index contributed by atoms with van der Waals surface area (Å²) >= 11 is 0. The molecule has 0 aliphatic carbocycles. The van der Waals surface area contributed by atoms with Crippen molar-refractivity contribution in [3.8, 4) is 0 Å². The number of carbonyl (C=O) groups is 1. The number of benzene rings is 1. The van der Waals surface area contributed by atoms with E-state index in [1.807, 2.05) is 0 Å². The fourth-order valence-corrected chi connectivity index (χ4v) is 3.25. The first-order chi connectivity index (χ1) is 14.4. The number of nitrogens with zero attached hydrogens (tertiary/aromatic N) is 3. The lowest BCUT2D eigenvalue weighted by Crippen LogP contribution is -2.43. The number of rotatable bonds is 6. The van der Waals surface area contributed by atoms with E-state index in [1.54, 1.807) is 0 Å². The van der Waals surface area contributed by atoms with Crippen LogP contribution >= 0.6 is 0 Å². The third-order valence-corrected chi connectivity index (χ3v) is 4.72. The normalized spacial score (nSPS) is 17.2. The number of aryl methyl sites for hydroxylation is 1. The largest absolute Gasteiger partial charge is 0.410 e. The van der Waals surface area contributed by atoms with Gasteiger partial charge in [-0.25, -0.2) is 13.5 Å². The molecule has 1 aliphatic rings. The topological polar surface area (TPSA) is 47.4 Å². The molecule has 0 bridgehead atoms. The zero-order valence-corrected chi connectivity index (χ0v) is 16.2. The van der Waals surface area contributed by atoms with Crippen LogP contribution in [0.2, 0.25) is 0 Å². The number of halogens is 7. The lowest BCUT2D eigenvalue weighted by atomic mass is 10.1. The molecule has 1 aromatic carbocycles. The fourth-order valence-electron chi connectivity index (χ4n) is 3.25. The van der Waals surface area contributed by atoms with Crippen LogP contribution in [0.3, 0.4) is 0 Å². The Balaban J connectivity index is 1.77. The van der Waals surface area contributed by atoms with Crippen LogP contribution in [0, 0.1) is 6.92 Å². The molecule has 0 spiro atoms. The molecule has 0 saturated carbocycles. The Labute approximate surface area is 172 Å². The molecule has 2 heterocycles. The smallest absolute Gasteiger partial charge is 0.370 e.